The third kappa shape index (κ3) is 3.09. The minimum atomic E-state index is 0.355. The van der Waals surface area contributed by atoms with E-state index < -0.39 is 0 Å². The van der Waals surface area contributed by atoms with Gasteiger partial charge in [0.2, 0.25) is 0 Å². The van der Waals surface area contributed by atoms with Crippen LogP contribution in [0, 0.1) is 11.3 Å². The summed E-state index contributed by atoms with van der Waals surface area (Å²) < 4.78 is 7.21. The first kappa shape index (κ1) is 13.9. The van der Waals surface area contributed by atoms with Gasteiger partial charge in [-0.05, 0) is 26.0 Å². The van der Waals surface area contributed by atoms with E-state index in [0.717, 1.165) is 11.3 Å². The van der Waals surface area contributed by atoms with Gasteiger partial charge in [0.1, 0.15) is 5.75 Å². The zero-order valence-corrected chi connectivity index (χ0v) is 11.9. The van der Waals surface area contributed by atoms with Gasteiger partial charge in [0, 0.05) is 30.4 Å². The molecule has 2 rings (SSSR count). The largest absolute Gasteiger partial charge is 0.495 e. The van der Waals surface area contributed by atoms with Crippen molar-refractivity contribution in [2.45, 2.75) is 26.4 Å². The summed E-state index contributed by atoms with van der Waals surface area (Å²) in [6, 6.07) is 7.79. The number of hydrogen-bond donors (Lipinski definition) is 1. The normalized spacial score (nSPS) is 10.3. The zero-order valence-electron chi connectivity index (χ0n) is 11.9. The monoisotopic (exact) mass is 270 g/mol. The number of nitriles is 1. The number of anilines is 1. The average Bonchev–Trinajstić information content (AvgIpc) is 2.94. The summed E-state index contributed by atoms with van der Waals surface area (Å²) in [6.07, 6.45) is 3.87. The molecule has 5 heteroatoms. The summed E-state index contributed by atoms with van der Waals surface area (Å²) in [4.78, 5) is 0. The topological polar surface area (TPSA) is 62.9 Å². The van der Waals surface area contributed by atoms with Gasteiger partial charge in [-0.15, -0.1) is 0 Å². The van der Waals surface area contributed by atoms with Crippen LogP contribution in [0.4, 0.5) is 5.69 Å². The Balaban J connectivity index is 2.08. The summed E-state index contributed by atoms with van der Waals surface area (Å²) in [5.41, 5.74) is 2.55. The highest BCUT2D eigenvalue weighted by molar-refractivity contribution is 5.59. The fourth-order valence-electron chi connectivity index (χ4n) is 1.86. The molecule has 0 bridgehead atoms. The molecule has 0 unspecified atom stereocenters. The minimum Gasteiger partial charge on any atom is -0.495 e. The van der Waals surface area contributed by atoms with Crippen LogP contribution in [0.15, 0.2) is 30.6 Å². The molecular formula is C15H18N4O. The first-order chi connectivity index (χ1) is 9.63. The summed E-state index contributed by atoms with van der Waals surface area (Å²) >= 11 is 0. The minimum absolute atomic E-state index is 0.355. The summed E-state index contributed by atoms with van der Waals surface area (Å²) in [5, 5.41) is 16.5. The molecule has 20 heavy (non-hydrogen) atoms. The van der Waals surface area contributed by atoms with E-state index in [0.29, 0.717) is 23.9 Å². The Morgan fingerprint density at radius 1 is 1.45 bits per heavy atom. The van der Waals surface area contributed by atoms with Gasteiger partial charge >= 0.3 is 0 Å². The molecule has 0 aliphatic heterocycles. The van der Waals surface area contributed by atoms with Crippen LogP contribution in [-0.4, -0.2) is 16.9 Å². The molecule has 0 spiro atoms. The van der Waals surface area contributed by atoms with E-state index in [1.807, 2.05) is 23.1 Å². The molecule has 1 heterocycles. The standard InChI is InChI=1S/C15H18N4O/c1-11(2)19-10-13(9-18-19)8-17-14-5-4-12(7-16)6-15(14)20-3/h4-6,9-11,17H,8H2,1-3H3. The number of rotatable bonds is 5. The fourth-order valence-corrected chi connectivity index (χ4v) is 1.86. The summed E-state index contributed by atoms with van der Waals surface area (Å²) in [7, 11) is 1.60. The highest BCUT2D eigenvalue weighted by Gasteiger charge is 2.06. The smallest absolute Gasteiger partial charge is 0.143 e. The van der Waals surface area contributed by atoms with E-state index in [-0.39, 0.29) is 0 Å². The van der Waals surface area contributed by atoms with E-state index in [2.05, 4.69) is 30.3 Å². The van der Waals surface area contributed by atoms with Crippen molar-refractivity contribution in [1.29, 1.82) is 5.26 Å². The molecule has 1 N–H and O–H groups in total. The van der Waals surface area contributed by atoms with Crippen molar-refractivity contribution in [1.82, 2.24) is 9.78 Å². The Labute approximate surface area is 118 Å². The molecule has 0 saturated carbocycles. The first-order valence-electron chi connectivity index (χ1n) is 6.49. The van der Waals surface area contributed by atoms with E-state index in [1.165, 1.54) is 0 Å². The predicted octanol–water partition coefficient (Wildman–Crippen LogP) is 2.96. The van der Waals surface area contributed by atoms with Crippen molar-refractivity contribution in [3.05, 3.63) is 41.7 Å². The van der Waals surface area contributed by atoms with Crippen LogP contribution in [0.25, 0.3) is 0 Å². The van der Waals surface area contributed by atoms with Crippen molar-refractivity contribution < 1.29 is 4.74 Å². The van der Waals surface area contributed by atoms with Crippen LogP contribution < -0.4 is 10.1 Å². The number of methoxy groups -OCH3 is 1. The SMILES string of the molecule is COc1cc(C#N)ccc1NCc1cnn(C(C)C)c1. The van der Waals surface area contributed by atoms with Crippen LogP contribution in [0.1, 0.15) is 31.0 Å². The molecular weight excluding hydrogens is 252 g/mol. The molecule has 0 aliphatic carbocycles. The Morgan fingerprint density at radius 3 is 2.85 bits per heavy atom. The number of benzene rings is 1. The Bertz CT molecular complexity index is 625. The van der Waals surface area contributed by atoms with Gasteiger partial charge in [-0.2, -0.15) is 10.4 Å². The lowest BCUT2D eigenvalue weighted by Gasteiger charge is -2.10. The van der Waals surface area contributed by atoms with Gasteiger partial charge in [-0.3, -0.25) is 4.68 Å². The lowest BCUT2D eigenvalue weighted by molar-refractivity contribution is 0.416. The number of nitrogens with one attached hydrogen (secondary N) is 1. The second-order valence-electron chi connectivity index (χ2n) is 4.80. The van der Waals surface area contributed by atoms with Crippen molar-refractivity contribution in [3.8, 4) is 11.8 Å². The van der Waals surface area contributed by atoms with Crippen molar-refractivity contribution in [2.24, 2.45) is 0 Å². The summed E-state index contributed by atoms with van der Waals surface area (Å²) in [5.74, 6) is 0.667. The molecule has 2 aromatic rings. The maximum atomic E-state index is 8.87. The Morgan fingerprint density at radius 2 is 2.25 bits per heavy atom. The number of nitrogens with zero attached hydrogens (tertiary/aromatic N) is 3. The molecule has 1 aromatic heterocycles. The van der Waals surface area contributed by atoms with Crippen LogP contribution in [0.3, 0.4) is 0 Å². The predicted molar refractivity (Wildman–Crippen MR) is 77.6 cm³/mol. The van der Waals surface area contributed by atoms with Gasteiger partial charge in [0.15, 0.2) is 0 Å². The quantitative estimate of drug-likeness (QED) is 0.907. The average molecular weight is 270 g/mol. The summed E-state index contributed by atoms with van der Waals surface area (Å²) in [6.45, 7) is 4.84. The number of ether oxygens (including phenoxy) is 1. The number of aromatic nitrogens is 2. The highest BCUT2D eigenvalue weighted by atomic mass is 16.5. The second-order valence-corrected chi connectivity index (χ2v) is 4.80. The lowest BCUT2D eigenvalue weighted by Crippen LogP contribution is -2.02. The lowest BCUT2D eigenvalue weighted by atomic mass is 10.2. The Kier molecular flexibility index (Phi) is 4.26. The van der Waals surface area contributed by atoms with E-state index >= 15 is 0 Å². The molecule has 104 valence electrons. The van der Waals surface area contributed by atoms with E-state index in [9.17, 15) is 0 Å². The molecule has 0 atom stereocenters. The molecule has 0 saturated heterocycles. The molecule has 1 aromatic carbocycles. The van der Waals surface area contributed by atoms with Gasteiger partial charge in [-0.25, -0.2) is 0 Å². The van der Waals surface area contributed by atoms with E-state index in [4.69, 9.17) is 10.00 Å². The Hall–Kier alpha value is -2.48. The molecule has 5 nitrogen and oxygen atoms in total. The second kappa shape index (κ2) is 6.11. The van der Waals surface area contributed by atoms with Gasteiger partial charge in [0.05, 0.1) is 30.6 Å². The van der Waals surface area contributed by atoms with Gasteiger partial charge < -0.3 is 10.1 Å². The van der Waals surface area contributed by atoms with Gasteiger partial charge in [-0.1, -0.05) is 0 Å². The van der Waals surface area contributed by atoms with Crippen LogP contribution in [-0.2, 0) is 6.54 Å². The van der Waals surface area contributed by atoms with Crippen molar-refractivity contribution >= 4 is 5.69 Å². The molecule has 0 fully saturated rings. The molecule has 0 aliphatic rings. The van der Waals surface area contributed by atoms with Gasteiger partial charge in [0.25, 0.3) is 0 Å². The van der Waals surface area contributed by atoms with E-state index in [1.54, 1.807) is 19.2 Å². The van der Waals surface area contributed by atoms with Crippen LogP contribution >= 0.6 is 0 Å². The first-order valence-corrected chi connectivity index (χ1v) is 6.49. The van der Waals surface area contributed by atoms with Crippen LogP contribution in [0.5, 0.6) is 5.75 Å². The maximum absolute atomic E-state index is 8.87. The van der Waals surface area contributed by atoms with Crippen molar-refractivity contribution in [3.63, 3.8) is 0 Å². The third-order valence-electron chi connectivity index (χ3n) is 3.00. The fraction of sp³-hybridized carbons (Fsp3) is 0.333. The number of hydrogen-bond acceptors (Lipinski definition) is 4. The third-order valence-corrected chi connectivity index (χ3v) is 3.00. The maximum Gasteiger partial charge on any atom is 0.143 e. The molecule has 0 radical (unpaired) electrons. The highest BCUT2D eigenvalue weighted by Crippen LogP contribution is 2.25. The van der Waals surface area contributed by atoms with Crippen LogP contribution in [0.2, 0.25) is 0 Å². The zero-order chi connectivity index (χ0) is 14.5. The van der Waals surface area contributed by atoms with Crippen molar-refractivity contribution in [2.75, 3.05) is 12.4 Å². The molecule has 0 amide bonds.